The number of nitrogens with zero attached hydrogens (tertiary/aromatic N) is 1. The molecule has 2 heterocycles. The molecule has 0 aliphatic carbocycles. The normalized spacial score (nSPS) is 32.2. The van der Waals surface area contributed by atoms with Crippen LogP contribution in [0.15, 0.2) is 0 Å². The van der Waals surface area contributed by atoms with Crippen LogP contribution >= 0.6 is 0 Å². The molecule has 16 heavy (non-hydrogen) atoms. The predicted molar refractivity (Wildman–Crippen MR) is 52.7 cm³/mol. The second-order valence-electron chi connectivity index (χ2n) is 4.49. The molecular formula is C10H15NO5. The largest absolute Gasteiger partial charge is 0.479 e. The number of likely N-dealkylation sites (tertiary alicyclic amines) is 1. The van der Waals surface area contributed by atoms with E-state index >= 15 is 0 Å². The molecule has 6 nitrogen and oxygen atoms in total. The Bertz CT molecular complexity index is 323. The van der Waals surface area contributed by atoms with Gasteiger partial charge in [-0.2, -0.15) is 0 Å². The molecule has 0 aromatic rings. The molecule has 2 rings (SSSR count). The van der Waals surface area contributed by atoms with Gasteiger partial charge in [0.2, 0.25) is 0 Å². The van der Waals surface area contributed by atoms with Crippen molar-refractivity contribution in [3.8, 4) is 0 Å². The smallest absolute Gasteiger partial charge is 0.336 e. The molecule has 0 saturated carbocycles. The monoisotopic (exact) mass is 229 g/mol. The highest BCUT2D eigenvalue weighted by Gasteiger charge is 2.50. The Hall–Kier alpha value is -1.14. The molecular weight excluding hydrogens is 214 g/mol. The summed E-state index contributed by atoms with van der Waals surface area (Å²) in [4.78, 5) is 24.4. The maximum atomic E-state index is 11.9. The molecule has 0 aromatic carbocycles. The highest BCUT2D eigenvalue weighted by molar-refractivity contribution is 5.89. The van der Waals surface area contributed by atoms with E-state index in [9.17, 15) is 9.59 Å². The first-order valence-electron chi connectivity index (χ1n) is 5.28. The van der Waals surface area contributed by atoms with Crippen molar-refractivity contribution in [2.24, 2.45) is 0 Å². The minimum absolute atomic E-state index is 0.288. The zero-order valence-corrected chi connectivity index (χ0v) is 9.30. The van der Waals surface area contributed by atoms with Crippen LogP contribution in [0.25, 0.3) is 0 Å². The molecule has 90 valence electrons. The summed E-state index contributed by atoms with van der Waals surface area (Å²) in [5.74, 6) is -2.47. The zero-order valence-electron chi connectivity index (χ0n) is 9.30. The van der Waals surface area contributed by atoms with E-state index in [0.29, 0.717) is 13.1 Å². The summed E-state index contributed by atoms with van der Waals surface area (Å²) in [5, 5.41) is 8.96. The lowest BCUT2D eigenvalue weighted by Crippen LogP contribution is -2.51. The molecule has 0 aromatic heterocycles. The van der Waals surface area contributed by atoms with Crippen molar-refractivity contribution >= 4 is 11.9 Å². The van der Waals surface area contributed by atoms with Crippen LogP contribution < -0.4 is 0 Å². The molecule has 2 saturated heterocycles. The summed E-state index contributed by atoms with van der Waals surface area (Å²) in [6.45, 7) is 4.55. The molecule has 2 atom stereocenters. The van der Waals surface area contributed by atoms with Crippen molar-refractivity contribution in [1.82, 2.24) is 4.90 Å². The number of carbonyl (C=O) groups is 2. The molecule has 0 unspecified atom stereocenters. The van der Waals surface area contributed by atoms with Gasteiger partial charge in [0.15, 0.2) is 18.0 Å². The van der Waals surface area contributed by atoms with E-state index in [1.807, 2.05) is 0 Å². The fourth-order valence-electron chi connectivity index (χ4n) is 1.84. The van der Waals surface area contributed by atoms with E-state index in [1.54, 1.807) is 18.7 Å². The Labute approximate surface area is 93.1 Å². The molecule has 1 amide bonds. The van der Waals surface area contributed by atoms with Gasteiger partial charge in [0.1, 0.15) is 0 Å². The lowest BCUT2D eigenvalue weighted by Gasteiger charge is -2.33. The van der Waals surface area contributed by atoms with E-state index in [-0.39, 0.29) is 5.91 Å². The Balaban J connectivity index is 2.11. The van der Waals surface area contributed by atoms with Gasteiger partial charge in [0, 0.05) is 13.1 Å². The van der Waals surface area contributed by atoms with Gasteiger partial charge in [-0.1, -0.05) is 0 Å². The number of amides is 1. The second kappa shape index (κ2) is 3.71. The number of hydrogen-bond donors (Lipinski definition) is 1. The summed E-state index contributed by atoms with van der Waals surface area (Å²) >= 11 is 0. The minimum atomic E-state index is -1.21. The van der Waals surface area contributed by atoms with Crippen LogP contribution in [0.2, 0.25) is 0 Å². The van der Waals surface area contributed by atoms with Crippen molar-refractivity contribution in [2.75, 3.05) is 13.1 Å². The SMILES string of the molecule is CC1(C)O[C@@H](C(=O)O)[C@H](C(=O)N2CCC2)O1. The molecule has 0 bridgehead atoms. The van der Waals surface area contributed by atoms with E-state index in [2.05, 4.69) is 0 Å². The number of carboxylic acids is 1. The predicted octanol–water partition coefficient (Wildman–Crippen LogP) is -0.177. The van der Waals surface area contributed by atoms with E-state index < -0.39 is 24.0 Å². The summed E-state index contributed by atoms with van der Waals surface area (Å²) in [6.07, 6.45) is -1.27. The number of rotatable bonds is 2. The van der Waals surface area contributed by atoms with E-state index in [4.69, 9.17) is 14.6 Å². The van der Waals surface area contributed by atoms with Crippen molar-refractivity contribution in [3.63, 3.8) is 0 Å². The second-order valence-corrected chi connectivity index (χ2v) is 4.49. The van der Waals surface area contributed by atoms with E-state index in [0.717, 1.165) is 6.42 Å². The Morgan fingerprint density at radius 3 is 2.25 bits per heavy atom. The van der Waals surface area contributed by atoms with Crippen LogP contribution in [0.5, 0.6) is 0 Å². The standard InChI is InChI=1S/C10H15NO5/c1-10(2)15-6(7(16-10)9(13)14)8(12)11-4-3-5-11/h6-7H,3-5H2,1-2H3,(H,13,14)/t6-,7-/m1/s1. The van der Waals surface area contributed by atoms with Gasteiger partial charge in [0.05, 0.1) is 0 Å². The third-order valence-electron chi connectivity index (χ3n) is 2.75. The number of aliphatic carboxylic acids is 1. The quantitative estimate of drug-likeness (QED) is 0.711. The lowest BCUT2D eigenvalue weighted by molar-refractivity contribution is -0.168. The molecule has 2 aliphatic heterocycles. The molecule has 2 aliphatic rings. The average molecular weight is 229 g/mol. The third kappa shape index (κ3) is 1.90. The molecule has 1 N–H and O–H groups in total. The van der Waals surface area contributed by atoms with Crippen molar-refractivity contribution in [2.45, 2.75) is 38.3 Å². The molecule has 0 spiro atoms. The average Bonchev–Trinajstić information content (AvgIpc) is 2.38. The third-order valence-corrected chi connectivity index (χ3v) is 2.75. The summed E-state index contributed by atoms with van der Waals surface area (Å²) < 4.78 is 10.5. The lowest BCUT2D eigenvalue weighted by atomic mass is 10.1. The van der Waals surface area contributed by atoms with Gasteiger partial charge in [-0.3, -0.25) is 4.79 Å². The number of ether oxygens (including phenoxy) is 2. The van der Waals surface area contributed by atoms with Gasteiger partial charge in [0.25, 0.3) is 5.91 Å². The number of carboxylic acid groups (broad SMARTS) is 1. The van der Waals surface area contributed by atoms with Gasteiger partial charge >= 0.3 is 5.97 Å². The van der Waals surface area contributed by atoms with Crippen molar-refractivity contribution in [3.05, 3.63) is 0 Å². The van der Waals surface area contributed by atoms with Crippen LogP contribution in [-0.4, -0.2) is 53.0 Å². The van der Waals surface area contributed by atoms with Gasteiger partial charge in [-0.15, -0.1) is 0 Å². The maximum absolute atomic E-state index is 11.9. The van der Waals surface area contributed by atoms with Crippen LogP contribution in [0.3, 0.4) is 0 Å². The Morgan fingerprint density at radius 2 is 1.81 bits per heavy atom. The summed E-state index contributed by atoms with van der Waals surface area (Å²) in [7, 11) is 0. The van der Waals surface area contributed by atoms with Gasteiger partial charge < -0.3 is 19.5 Å². The molecule has 6 heteroatoms. The topological polar surface area (TPSA) is 76.1 Å². The Morgan fingerprint density at radius 1 is 1.25 bits per heavy atom. The highest BCUT2D eigenvalue weighted by atomic mass is 16.8. The van der Waals surface area contributed by atoms with Gasteiger partial charge in [-0.25, -0.2) is 4.79 Å². The maximum Gasteiger partial charge on any atom is 0.336 e. The minimum Gasteiger partial charge on any atom is -0.479 e. The fourth-order valence-corrected chi connectivity index (χ4v) is 1.84. The van der Waals surface area contributed by atoms with Gasteiger partial charge in [-0.05, 0) is 20.3 Å². The summed E-state index contributed by atoms with van der Waals surface area (Å²) in [5.41, 5.74) is 0. The van der Waals surface area contributed by atoms with Crippen molar-refractivity contribution in [1.29, 1.82) is 0 Å². The van der Waals surface area contributed by atoms with Crippen LogP contribution in [0.1, 0.15) is 20.3 Å². The van der Waals surface area contributed by atoms with Crippen LogP contribution in [0, 0.1) is 0 Å². The van der Waals surface area contributed by atoms with Crippen LogP contribution in [0.4, 0.5) is 0 Å². The van der Waals surface area contributed by atoms with Crippen molar-refractivity contribution < 1.29 is 24.2 Å². The summed E-state index contributed by atoms with van der Waals surface area (Å²) in [6, 6.07) is 0. The number of hydrogen-bond acceptors (Lipinski definition) is 4. The van der Waals surface area contributed by atoms with Crippen LogP contribution in [-0.2, 0) is 19.1 Å². The molecule has 2 fully saturated rings. The van der Waals surface area contributed by atoms with E-state index in [1.165, 1.54) is 0 Å². The highest BCUT2D eigenvalue weighted by Crippen LogP contribution is 2.30. The first-order valence-corrected chi connectivity index (χ1v) is 5.28. The first-order chi connectivity index (χ1) is 7.41. The zero-order chi connectivity index (χ0) is 11.9. The Kier molecular flexibility index (Phi) is 2.63. The molecule has 0 radical (unpaired) electrons. The fraction of sp³-hybridized carbons (Fsp3) is 0.800. The number of carbonyl (C=O) groups excluding carboxylic acids is 1. The first kappa shape index (κ1) is 11.3.